The molecule has 0 saturated carbocycles. The Balaban J connectivity index is 2.72. The molecule has 2 aromatic carbocycles. The van der Waals surface area contributed by atoms with Crippen LogP contribution in [0.5, 0.6) is 11.5 Å². The number of methoxy groups -OCH3 is 1. The van der Waals surface area contributed by atoms with Crippen molar-refractivity contribution >= 4 is 23.2 Å². The summed E-state index contributed by atoms with van der Waals surface area (Å²) in [5, 5.41) is 10.7. The maximum absolute atomic E-state index is 10.0. The van der Waals surface area contributed by atoms with E-state index in [1.165, 1.54) is 6.07 Å². The summed E-state index contributed by atoms with van der Waals surface area (Å²) in [6, 6.07) is 8.87. The Morgan fingerprint density at radius 1 is 1.06 bits per heavy atom. The summed E-state index contributed by atoms with van der Waals surface area (Å²) < 4.78 is 5.29. The molecule has 0 aliphatic carbocycles. The van der Waals surface area contributed by atoms with Crippen LogP contribution >= 0.6 is 23.2 Å². The molecule has 0 atom stereocenters. The van der Waals surface area contributed by atoms with Crippen molar-refractivity contribution in [1.29, 1.82) is 0 Å². The highest BCUT2D eigenvalue weighted by atomic mass is 35.5. The number of ether oxygens (including phenoxy) is 1. The Morgan fingerprint density at radius 2 is 1.78 bits per heavy atom. The number of hydrogen-bond donors (Lipinski definition) is 1. The molecule has 0 bridgehead atoms. The molecule has 2 rings (SSSR count). The largest absolute Gasteiger partial charge is 0.506 e. The molecule has 0 aliphatic rings. The lowest BCUT2D eigenvalue weighted by atomic mass is 10.0. The normalized spacial score (nSPS) is 10.4. The van der Waals surface area contributed by atoms with Gasteiger partial charge in [0.15, 0.2) is 0 Å². The first-order valence-electron chi connectivity index (χ1n) is 5.36. The van der Waals surface area contributed by atoms with Gasteiger partial charge in [0.2, 0.25) is 0 Å². The topological polar surface area (TPSA) is 29.5 Å². The van der Waals surface area contributed by atoms with E-state index in [4.69, 9.17) is 27.9 Å². The minimum atomic E-state index is 0.00460. The second-order valence-corrected chi connectivity index (χ2v) is 4.83. The summed E-state index contributed by atoms with van der Waals surface area (Å²) in [6.07, 6.45) is 0. The minimum Gasteiger partial charge on any atom is -0.506 e. The molecule has 0 amide bonds. The summed E-state index contributed by atoms with van der Waals surface area (Å²) in [6.45, 7) is 1.96. The van der Waals surface area contributed by atoms with Gasteiger partial charge >= 0.3 is 0 Å². The lowest BCUT2D eigenvalue weighted by Gasteiger charge is -2.12. The van der Waals surface area contributed by atoms with Crippen LogP contribution in [0.15, 0.2) is 30.3 Å². The smallest absolute Gasteiger partial charge is 0.142 e. The van der Waals surface area contributed by atoms with Crippen molar-refractivity contribution in [2.45, 2.75) is 6.92 Å². The van der Waals surface area contributed by atoms with Crippen molar-refractivity contribution in [2.75, 3.05) is 7.11 Å². The van der Waals surface area contributed by atoms with Crippen molar-refractivity contribution in [1.82, 2.24) is 0 Å². The van der Waals surface area contributed by atoms with Gasteiger partial charge in [-0.2, -0.15) is 0 Å². The van der Waals surface area contributed by atoms with E-state index < -0.39 is 0 Å². The van der Waals surface area contributed by atoms with E-state index in [9.17, 15) is 5.11 Å². The van der Waals surface area contributed by atoms with Crippen LogP contribution in [0.4, 0.5) is 0 Å². The first kappa shape index (κ1) is 13.1. The zero-order valence-electron chi connectivity index (χ0n) is 10.00. The van der Waals surface area contributed by atoms with Crippen LogP contribution in [0.25, 0.3) is 11.1 Å². The molecular formula is C14H12Cl2O2. The average molecular weight is 283 g/mol. The van der Waals surface area contributed by atoms with Crippen molar-refractivity contribution in [3.8, 4) is 22.6 Å². The molecule has 1 N–H and O–H groups in total. The highest BCUT2D eigenvalue weighted by Crippen LogP contribution is 2.41. The van der Waals surface area contributed by atoms with Gasteiger partial charge in [-0.1, -0.05) is 34.8 Å². The molecule has 0 saturated heterocycles. The van der Waals surface area contributed by atoms with Crippen LogP contribution in [0.2, 0.25) is 10.0 Å². The summed E-state index contributed by atoms with van der Waals surface area (Å²) in [5.41, 5.74) is 2.38. The van der Waals surface area contributed by atoms with E-state index in [1.54, 1.807) is 13.2 Å². The number of phenolic OH excluding ortho intramolecular Hbond substituents is 1. The zero-order valence-corrected chi connectivity index (χ0v) is 11.5. The predicted molar refractivity (Wildman–Crippen MR) is 74.9 cm³/mol. The lowest BCUT2D eigenvalue weighted by Crippen LogP contribution is -1.90. The van der Waals surface area contributed by atoms with Gasteiger partial charge in [0, 0.05) is 16.1 Å². The number of benzene rings is 2. The highest BCUT2D eigenvalue weighted by Gasteiger charge is 2.14. The number of aromatic hydroxyl groups is 1. The Labute approximate surface area is 116 Å². The molecule has 0 aromatic heterocycles. The third-order valence-corrected chi connectivity index (χ3v) is 3.18. The van der Waals surface area contributed by atoms with Gasteiger partial charge in [-0.3, -0.25) is 0 Å². The maximum atomic E-state index is 10.0. The van der Waals surface area contributed by atoms with Crippen LogP contribution in [0.3, 0.4) is 0 Å². The number of aryl methyl sites for hydroxylation is 1. The van der Waals surface area contributed by atoms with Crippen molar-refractivity contribution in [2.24, 2.45) is 0 Å². The molecule has 0 spiro atoms. The molecule has 0 heterocycles. The summed E-state index contributed by atoms with van der Waals surface area (Å²) in [5.74, 6) is 0.666. The van der Waals surface area contributed by atoms with Crippen molar-refractivity contribution in [3.05, 3.63) is 45.9 Å². The summed E-state index contributed by atoms with van der Waals surface area (Å²) in [7, 11) is 1.58. The fourth-order valence-corrected chi connectivity index (χ4v) is 2.30. The molecule has 4 heteroatoms. The maximum Gasteiger partial charge on any atom is 0.142 e. The quantitative estimate of drug-likeness (QED) is 0.866. The molecule has 0 aliphatic heterocycles. The highest BCUT2D eigenvalue weighted by molar-refractivity contribution is 6.36. The number of hydrogen-bond acceptors (Lipinski definition) is 2. The van der Waals surface area contributed by atoms with Gasteiger partial charge in [0.05, 0.1) is 12.1 Å². The van der Waals surface area contributed by atoms with E-state index in [0.717, 1.165) is 11.1 Å². The molecule has 94 valence electrons. The molecule has 0 radical (unpaired) electrons. The monoisotopic (exact) mass is 282 g/mol. The van der Waals surface area contributed by atoms with Gasteiger partial charge in [0.25, 0.3) is 0 Å². The van der Waals surface area contributed by atoms with E-state index in [0.29, 0.717) is 16.3 Å². The standard InChI is InChI=1S/C14H12Cl2O2/c1-8-3-4-13(18-2)10(5-8)11-6-9(15)7-12(16)14(11)17/h3-7,17H,1-2H3. The van der Waals surface area contributed by atoms with Gasteiger partial charge in [-0.15, -0.1) is 0 Å². The van der Waals surface area contributed by atoms with Crippen LogP contribution in [-0.2, 0) is 0 Å². The third kappa shape index (κ3) is 2.40. The van der Waals surface area contributed by atoms with Gasteiger partial charge in [-0.05, 0) is 31.2 Å². The van der Waals surface area contributed by atoms with E-state index in [2.05, 4.69) is 0 Å². The Hall–Kier alpha value is -1.38. The lowest BCUT2D eigenvalue weighted by molar-refractivity contribution is 0.415. The number of halogens is 2. The number of rotatable bonds is 2. The molecular weight excluding hydrogens is 271 g/mol. The SMILES string of the molecule is COc1ccc(C)cc1-c1cc(Cl)cc(Cl)c1O. The summed E-state index contributed by atoms with van der Waals surface area (Å²) in [4.78, 5) is 0. The second kappa shape index (κ2) is 5.09. The Morgan fingerprint density at radius 3 is 2.44 bits per heavy atom. The molecule has 18 heavy (non-hydrogen) atoms. The van der Waals surface area contributed by atoms with Crippen molar-refractivity contribution < 1.29 is 9.84 Å². The van der Waals surface area contributed by atoms with Crippen LogP contribution in [0.1, 0.15) is 5.56 Å². The predicted octanol–water partition coefficient (Wildman–Crippen LogP) is 4.68. The summed E-state index contributed by atoms with van der Waals surface area (Å²) >= 11 is 11.9. The van der Waals surface area contributed by atoms with Crippen LogP contribution in [0, 0.1) is 6.92 Å². The van der Waals surface area contributed by atoms with E-state index in [-0.39, 0.29) is 10.8 Å². The fraction of sp³-hybridized carbons (Fsp3) is 0.143. The van der Waals surface area contributed by atoms with Gasteiger partial charge < -0.3 is 9.84 Å². The molecule has 2 aromatic rings. The minimum absolute atomic E-state index is 0.00460. The molecule has 0 fully saturated rings. The third-order valence-electron chi connectivity index (χ3n) is 2.67. The first-order chi connectivity index (χ1) is 8.52. The number of phenols is 1. The van der Waals surface area contributed by atoms with Gasteiger partial charge in [0.1, 0.15) is 11.5 Å². The fourth-order valence-electron chi connectivity index (χ4n) is 1.80. The Kier molecular flexibility index (Phi) is 3.69. The van der Waals surface area contributed by atoms with Crippen LogP contribution in [-0.4, -0.2) is 12.2 Å². The van der Waals surface area contributed by atoms with E-state index in [1.807, 2.05) is 25.1 Å². The molecule has 0 unspecified atom stereocenters. The zero-order chi connectivity index (χ0) is 13.3. The first-order valence-corrected chi connectivity index (χ1v) is 6.11. The van der Waals surface area contributed by atoms with E-state index >= 15 is 0 Å². The Bertz CT molecular complexity index is 595. The van der Waals surface area contributed by atoms with Crippen LogP contribution < -0.4 is 4.74 Å². The van der Waals surface area contributed by atoms with Crippen molar-refractivity contribution in [3.63, 3.8) is 0 Å². The molecule has 2 nitrogen and oxygen atoms in total. The second-order valence-electron chi connectivity index (χ2n) is 3.99. The average Bonchev–Trinajstić information content (AvgIpc) is 2.33. The van der Waals surface area contributed by atoms with Gasteiger partial charge in [-0.25, -0.2) is 0 Å².